The van der Waals surface area contributed by atoms with Gasteiger partial charge in [0.1, 0.15) is 11.5 Å². The third kappa shape index (κ3) is 4.69. The Labute approximate surface area is 155 Å². The number of carbonyl (C=O) groups excluding carboxylic acids is 1. The summed E-state index contributed by atoms with van der Waals surface area (Å²) in [4.78, 5) is 24.6. The first kappa shape index (κ1) is 18.1. The Balaban J connectivity index is 1.71. The van der Waals surface area contributed by atoms with Gasteiger partial charge in [-0.15, -0.1) is 0 Å². The van der Waals surface area contributed by atoms with E-state index < -0.39 is 11.7 Å². The molecule has 0 saturated heterocycles. The van der Waals surface area contributed by atoms with E-state index in [1.165, 1.54) is 24.7 Å². The van der Waals surface area contributed by atoms with Crippen molar-refractivity contribution >= 4 is 12.1 Å². The van der Waals surface area contributed by atoms with Crippen LogP contribution in [0.1, 0.15) is 23.0 Å². The molecular weight excluding hydrogens is 349 g/mol. The number of benzene rings is 1. The van der Waals surface area contributed by atoms with E-state index in [2.05, 4.69) is 25.5 Å². The number of hydrogen-bond acceptors (Lipinski definition) is 6. The number of pyridine rings is 1. The molecule has 0 atom stereocenters. The molecule has 136 valence electrons. The molecule has 2 heterocycles. The van der Waals surface area contributed by atoms with E-state index in [4.69, 9.17) is 4.74 Å². The van der Waals surface area contributed by atoms with Crippen LogP contribution in [0.15, 0.2) is 60.1 Å². The summed E-state index contributed by atoms with van der Waals surface area (Å²) < 4.78 is 18.8. The monoisotopic (exact) mass is 365 g/mol. The van der Waals surface area contributed by atoms with Gasteiger partial charge in [-0.05, 0) is 19.1 Å². The van der Waals surface area contributed by atoms with E-state index in [0.717, 1.165) is 0 Å². The number of carbonyl (C=O) groups is 1. The van der Waals surface area contributed by atoms with E-state index in [1.807, 2.05) is 6.92 Å². The van der Waals surface area contributed by atoms with Crippen molar-refractivity contribution in [2.45, 2.75) is 6.92 Å². The molecule has 1 amide bonds. The van der Waals surface area contributed by atoms with Crippen LogP contribution in [0.5, 0.6) is 5.88 Å². The molecule has 0 unspecified atom stereocenters. The second kappa shape index (κ2) is 8.61. The number of amides is 1. The van der Waals surface area contributed by atoms with Crippen molar-refractivity contribution in [3.05, 3.63) is 72.1 Å². The fourth-order valence-corrected chi connectivity index (χ4v) is 2.18. The predicted molar refractivity (Wildman–Crippen MR) is 97.9 cm³/mol. The largest absolute Gasteiger partial charge is 0.478 e. The van der Waals surface area contributed by atoms with Crippen LogP contribution in [0.3, 0.4) is 0 Å². The zero-order valence-corrected chi connectivity index (χ0v) is 14.5. The Morgan fingerprint density at radius 1 is 1.22 bits per heavy atom. The SMILES string of the molecule is CCOc1ccc(-c2cncc(C(=O)N/N=C/c3ccccc3F)n2)cn1. The molecule has 0 spiro atoms. The molecule has 8 heteroatoms. The van der Waals surface area contributed by atoms with Gasteiger partial charge in [-0.25, -0.2) is 19.8 Å². The van der Waals surface area contributed by atoms with Crippen molar-refractivity contribution in [3.63, 3.8) is 0 Å². The average Bonchev–Trinajstić information content (AvgIpc) is 2.70. The number of nitrogens with zero attached hydrogens (tertiary/aromatic N) is 4. The summed E-state index contributed by atoms with van der Waals surface area (Å²) in [6.07, 6.45) is 5.66. The van der Waals surface area contributed by atoms with Gasteiger partial charge < -0.3 is 4.74 Å². The minimum absolute atomic E-state index is 0.0760. The van der Waals surface area contributed by atoms with Gasteiger partial charge in [-0.2, -0.15) is 5.10 Å². The number of ether oxygens (including phenoxy) is 1. The molecule has 0 aliphatic heterocycles. The van der Waals surface area contributed by atoms with Gasteiger partial charge in [0.05, 0.1) is 30.9 Å². The van der Waals surface area contributed by atoms with Crippen molar-refractivity contribution in [1.82, 2.24) is 20.4 Å². The first-order valence-electron chi connectivity index (χ1n) is 8.16. The fraction of sp³-hybridized carbons (Fsp3) is 0.105. The van der Waals surface area contributed by atoms with Crippen molar-refractivity contribution < 1.29 is 13.9 Å². The summed E-state index contributed by atoms with van der Waals surface area (Å²) in [6, 6.07) is 9.59. The predicted octanol–water partition coefficient (Wildman–Crippen LogP) is 2.84. The fourth-order valence-electron chi connectivity index (χ4n) is 2.18. The maximum atomic E-state index is 13.5. The standard InChI is InChI=1S/C19H16FN5O2/c1-2-27-18-8-7-14(9-22-18)16-11-21-12-17(24-16)19(26)25-23-10-13-5-3-4-6-15(13)20/h3-12H,2H2,1H3,(H,25,26)/b23-10+. The van der Waals surface area contributed by atoms with Crippen LogP contribution < -0.4 is 10.2 Å². The van der Waals surface area contributed by atoms with Crippen LogP contribution in [0.4, 0.5) is 4.39 Å². The molecule has 0 radical (unpaired) electrons. The molecule has 27 heavy (non-hydrogen) atoms. The van der Waals surface area contributed by atoms with E-state index >= 15 is 0 Å². The molecule has 0 aliphatic carbocycles. The van der Waals surface area contributed by atoms with E-state index in [-0.39, 0.29) is 11.3 Å². The van der Waals surface area contributed by atoms with Crippen LogP contribution >= 0.6 is 0 Å². The zero-order chi connectivity index (χ0) is 19.1. The van der Waals surface area contributed by atoms with Crippen molar-refractivity contribution in [1.29, 1.82) is 0 Å². The summed E-state index contributed by atoms with van der Waals surface area (Å²) in [7, 11) is 0. The lowest BCUT2D eigenvalue weighted by molar-refractivity contribution is 0.0950. The normalized spacial score (nSPS) is 10.7. The van der Waals surface area contributed by atoms with Crippen LogP contribution in [-0.2, 0) is 0 Å². The number of hydrazone groups is 1. The quantitative estimate of drug-likeness (QED) is 0.536. The molecule has 0 bridgehead atoms. The number of aromatic nitrogens is 3. The van der Waals surface area contributed by atoms with Crippen LogP contribution in [0, 0.1) is 5.82 Å². The zero-order valence-electron chi connectivity index (χ0n) is 14.5. The van der Waals surface area contributed by atoms with Gasteiger partial charge in [-0.1, -0.05) is 18.2 Å². The van der Waals surface area contributed by atoms with Gasteiger partial charge >= 0.3 is 0 Å². The van der Waals surface area contributed by atoms with Crippen molar-refractivity contribution in [2.75, 3.05) is 6.61 Å². The summed E-state index contributed by atoms with van der Waals surface area (Å²) in [5, 5.41) is 3.75. The minimum atomic E-state index is -0.559. The number of nitrogens with one attached hydrogen (secondary N) is 1. The van der Waals surface area contributed by atoms with Crippen LogP contribution in [-0.4, -0.2) is 33.7 Å². The molecule has 3 rings (SSSR count). The van der Waals surface area contributed by atoms with Gasteiger partial charge in [0.25, 0.3) is 5.91 Å². The van der Waals surface area contributed by atoms with Crippen LogP contribution in [0.25, 0.3) is 11.3 Å². The number of hydrogen-bond donors (Lipinski definition) is 1. The Morgan fingerprint density at radius 3 is 2.81 bits per heavy atom. The lowest BCUT2D eigenvalue weighted by Crippen LogP contribution is -2.19. The molecule has 1 N–H and O–H groups in total. The highest BCUT2D eigenvalue weighted by atomic mass is 19.1. The lowest BCUT2D eigenvalue weighted by atomic mass is 10.2. The summed E-state index contributed by atoms with van der Waals surface area (Å²) in [6.45, 7) is 2.40. The first-order valence-corrected chi connectivity index (χ1v) is 8.16. The second-order valence-corrected chi connectivity index (χ2v) is 5.33. The topological polar surface area (TPSA) is 89.4 Å². The summed E-state index contributed by atoms with van der Waals surface area (Å²) in [5.41, 5.74) is 3.82. The Morgan fingerprint density at radius 2 is 2.07 bits per heavy atom. The number of halogens is 1. The van der Waals surface area contributed by atoms with Gasteiger partial charge in [0, 0.05) is 23.4 Å². The van der Waals surface area contributed by atoms with E-state index in [0.29, 0.717) is 23.7 Å². The average molecular weight is 365 g/mol. The maximum Gasteiger partial charge on any atom is 0.291 e. The third-order valence-corrected chi connectivity index (χ3v) is 3.47. The Kier molecular flexibility index (Phi) is 5.78. The van der Waals surface area contributed by atoms with E-state index in [9.17, 15) is 9.18 Å². The number of rotatable bonds is 6. The van der Waals surface area contributed by atoms with E-state index in [1.54, 1.807) is 36.5 Å². The molecule has 0 fully saturated rings. The molecular formula is C19H16FN5O2. The van der Waals surface area contributed by atoms with Crippen molar-refractivity contribution in [3.8, 4) is 17.1 Å². The Hall–Kier alpha value is -3.68. The highest BCUT2D eigenvalue weighted by molar-refractivity contribution is 5.93. The summed E-state index contributed by atoms with van der Waals surface area (Å²) in [5.74, 6) is -0.485. The highest BCUT2D eigenvalue weighted by Crippen LogP contribution is 2.17. The second-order valence-electron chi connectivity index (χ2n) is 5.33. The van der Waals surface area contributed by atoms with Gasteiger partial charge in [0.2, 0.25) is 5.88 Å². The molecule has 7 nitrogen and oxygen atoms in total. The molecule has 1 aromatic carbocycles. The maximum absolute atomic E-state index is 13.5. The molecule has 3 aromatic rings. The van der Waals surface area contributed by atoms with Gasteiger partial charge in [-0.3, -0.25) is 9.78 Å². The molecule has 2 aromatic heterocycles. The minimum Gasteiger partial charge on any atom is -0.478 e. The molecule has 0 saturated carbocycles. The highest BCUT2D eigenvalue weighted by Gasteiger charge is 2.10. The van der Waals surface area contributed by atoms with Gasteiger partial charge in [0.15, 0.2) is 0 Å². The summed E-state index contributed by atoms with van der Waals surface area (Å²) >= 11 is 0. The van der Waals surface area contributed by atoms with Crippen molar-refractivity contribution in [2.24, 2.45) is 5.10 Å². The lowest BCUT2D eigenvalue weighted by Gasteiger charge is -2.05. The smallest absolute Gasteiger partial charge is 0.291 e. The molecule has 0 aliphatic rings. The first-order chi connectivity index (χ1) is 13.2. The van der Waals surface area contributed by atoms with Crippen LogP contribution in [0.2, 0.25) is 0 Å². The Bertz CT molecular complexity index is 960. The third-order valence-electron chi connectivity index (χ3n) is 3.47.